The summed E-state index contributed by atoms with van der Waals surface area (Å²) in [5.74, 6) is 5.81. The molecular formula is C16H26N2O. The zero-order valence-corrected chi connectivity index (χ0v) is 12.1. The Bertz CT molecular complexity index is 382. The van der Waals surface area contributed by atoms with Crippen LogP contribution >= 0.6 is 0 Å². The van der Waals surface area contributed by atoms with Crippen LogP contribution in [0.3, 0.4) is 0 Å². The fourth-order valence-corrected chi connectivity index (χ4v) is 3.30. The van der Waals surface area contributed by atoms with Gasteiger partial charge >= 0.3 is 0 Å². The smallest absolute Gasteiger partial charge is 0.0885 e. The Balaban J connectivity index is 2.21. The fourth-order valence-electron chi connectivity index (χ4n) is 3.30. The molecule has 1 aliphatic rings. The zero-order valence-electron chi connectivity index (χ0n) is 12.1. The maximum absolute atomic E-state index is 5.84. The molecule has 1 unspecified atom stereocenters. The Morgan fingerprint density at radius 3 is 2.37 bits per heavy atom. The summed E-state index contributed by atoms with van der Waals surface area (Å²) in [6.45, 7) is 2.20. The molecule has 1 atom stereocenters. The molecule has 0 aliphatic heterocycles. The number of hydrazine groups is 1. The molecule has 19 heavy (non-hydrogen) atoms. The van der Waals surface area contributed by atoms with Crippen LogP contribution in [0, 0.1) is 0 Å². The number of nitrogens with one attached hydrogen (secondary N) is 1. The number of aryl methyl sites for hydroxylation is 1. The lowest BCUT2D eigenvalue weighted by Gasteiger charge is -2.36. The lowest BCUT2D eigenvalue weighted by Crippen LogP contribution is -2.46. The van der Waals surface area contributed by atoms with Crippen molar-refractivity contribution in [3.8, 4) is 0 Å². The monoisotopic (exact) mass is 262 g/mol. The van der Waals surface area contributed by atoms with Gasteiger partial charge in [-0.25, -0.2) is 0 Å². The maximum atomic E-state index is 5.84. The summed E-state index contributed by atoms with van der Waals surface area (Å²) in [7, 11) is 1.81. The van der Waals surface area contributed by atoms with E-state index in [-0.39, 0.29) is 11.6 Å². The van der Waals surface area contributed by atoms with Gasteiger partial charge in [-0.3, -0.25) is 11.3 Å². The van der Waals surface area contributed by atoms with Crippen LogP contribution < -0.4 is 11.3 Å². The minimum atomic E-state index is -0.138. The summed E-state index contributed by atoms with van der Waals surface area (Å²) < 4.78 is 5.84. The van der Waals surface area contributed by atoms with Crippen molar-refractivity contribution in [2.24, 2.45) is 5.84 Å². The molecule has 3 nitrogen and oxygen atoms in total. The van der Waals surface area contributed by atoms with Crippen LogP contribution in [0.4, 0.5) is 0 Å². The highest BCUT2D eigenvalue weighted by molar-refractivity contribution is 5.27. The molecule has 1 aliphatic carbocycles. The van der Waals surface area contributed by atoms with Crippen LogP contribution in [0.2, 0.25) is 0 Å². The molecule has 0 amide bonds. The SMILES string of the molecule is CCCc1ccc(C(NN)C2(OC)CCCC2)cc1. The van der Waals surface area contributed by atoms with E-state index in [0.29, 0.717) is 0 Å². The van der Waals surface area contributed by atoms with Crippen LogP contribution in [0.15, 0.2) is 24.3 Å². The fraction of sp³-hybridized carbons (Fsp3) is 0.625. The van der Waals surface area contributed by atoms with Crippen molar-refractivity contribution in [3.05, 3.63) is 35.4 Å². The molecule has 1 aromatic rings. The molecule has 0 saturated heterocycles. The summed E-state index contributed by atoms with van der Waals surface area (Å²) in [4.78, 5) is 0. The Kier molecular flexibility index (Phi) is 4.97. The molecule has 0 bridgehead atoms. The normalized spacial score (nSPS) is 19.5. The number of nitrogens with two attached hydrogens (primary N) is 1. The van der Waals surface area contributed by atoms with Gasteiger partial charge in [0.05, 0.1) is 11.6 Å². The van der Waals surface area contributed by atoms with Crippen molar-refractivity contribution in [2.75, 3.05) is 7.11 Å². The minimum absolute atomic E-state index is 0.0793. The average molecular weight is 262 g/mol. The van der Waals surface area contributed by atoms with Gasteiger partial charge in [0.2, 0.25) is 0 Å². The number of hydrogen-bond acceptors (Lipinski definition) is 3. The van der Waals surface area contributed by atoms with E-state index in [0.717, 1.165) is 19.3 Å². The van der Waals surface area contributed by atoms with Gasteiger partial charge in [-0.1, -0.05) is 50.5 Å². The topological polar surface area (TPSA) is 47.3 Å². The molecule has 3 N–H and O–H groups in total. The van der Waals surface area contributed by atoms with Crippen molar-refractivity contribution in [3.63, 3.8) is 0 Å². The Hall–Kier alpha value is -0.900. The second-order valence-electron chi connectivity index (χ2n) is 5.57. The molecule has 1 aromatic carbocycles. The number of methoxy groups -OCH3 is 1. The second-order valence-corrected chi connectivity index (χ2v) is 5.57. The zero-order chi connectivity index (χ0) is 13.7. The van der Waals surface area contributed by atoms with Crippen molar-refractivity contribution in [1.82, 2.24) is 5.43 Å². The van der Waals surface area contributed by atoms with E-state index in [9.17, 15) is 0 Å². The third kappa shape index (κ3) is 2.99. The first kappa shape index (κ1) is 14.5. The average Bonchev–Trinajstić information content (AvgIpc) is 2.92. The van der Waals surface area contributed by atoms with Crippen molar-refractivity contribution in [2.45, 2.75) is 57.1 Å². The van der Waals surface area contributed by atoms with E-state index < -0.39 is 0 Å². The van der Waals surface area contributed by atoms with Gasteiger partial charge in [-0.2, -0.15) is 0 Å². The molecular weight excluding hydrogens is 236 g/mol. The summed E-state index contributed by atoms with van der Waals surface area (Å²) in [5, 5.41) is 0. The number of ether oxygens (including phenoxy) is 1. The maximum Gasteiger partial charge on any atom is 0.0885 e. The van der Waals surface area contributed by atoms with Gasteiger partial charge in [0.15, 0.2) is 0 Å². The Morgan fingerprint density at radius 1 is 1.26 bits per heavy atom. The van der Waals surface area contributed by atoms with Crippen LogP contribution in [-0.4, -0.2) is 12.7 Å². The first-order chi connectivity index (χ1) is 9.25. The second kappa shape index (κ2) is 6.51. The van der Waals surface area contributed by atoms with Gasteiger partial charge in [-0.15, -0.1) is 0 Å². The van der Waals surface area contributed by atoms with Crippen molar-refractivity contribution in [1.29, 1.82) is 0 Å². The third-order valence-corrected chi connectivity index (χ3v) is 4.40. The quantitative estimate of drug-likeness (QED) is 0.612. The molecule has 1 saturated carbocycles. The van der Waals surface area contributed by atoms with Crippen LogP contribution in [0.1, 0.15) is 56.2 Å². The van der Waals surface area contributed by atoms with Gasteiger partial charge in [0, 0.05) is 7.11 Å². The largest absolute Gasteiger partial charge is 0.376 e. The number of rotatable bonds is 6. The lowest BCUT2D eigenvalue weighted by atomic mass is 9.86. The van der Waals surface area contributed by atoms with Gasteiger partial charge in [0.25, 0.3) is 0 Å². The molecule has 0 heterocycles. The Labute approximate surface area is 116 Å². The van der Waals surface area contributed by atoms with E-state index in [4.69, 9.17) is 10.6 Å². The van der Waals surface area contributed by atoms with Crippen LogP contribution in [0.25, 0.3) is 0 Å². The third-order valence-electron chi connectivity index (χ3n) is 4.40. The van der Waals surface area contributed by atoms with Crippen molar-refractivity contribution >= 4 is 0 Å². The van der Waals surface area contributed by atoms with Gasteiger partial charge in [0.1, 0.15) is 0 Å². The summed E-state index contributed by atoms with van der Waals surface area (Å²) in [5.41, 5.74) is 5.46. The van der Waals surface area contributed by atoms with Gasteiger partial charge in [-0.05, 0) is 30.4 Å². The highest BCUT2D eigenvalue weighted by Gasteiger charge is 2.41. The highest BCUT2D eigenvalue weighted by Crippen LogP contribution is 2.42. The predicted octanol–water partition coefficient (Wildman–Crippen LogP) is 3.10. The molecule has 2 rings (SSSR count). The molecule has 1 fully saturated rings. The lowest BCUT2D eigenvalue weighted by molar-refractivity contribution is -0.0368. The summed E-state index contributed by atoms with van der Waals surface area (Å²) in [6, 6.07) is 8.88. The first-order valence-electron chi connectivity index (χ1n) is 7.36. The standard InChI is InChI=1S/C16H26N2O/c1-3-6-13-7-9-14(10-8-13)15(18-17)16(19-2)11-4-5-12-16/h7-10,15,18H,3-6,11-12,17H2,1-2H3. The first-order valence-corrected chi connectivity index (χ1v) is 7.36. The number of benzene rings is 1. The van der Waals surface area contributed by atoms with Gasteiger partial charge < -0.3 is 4.74 Å². The van der Waals surface area contributed by atoms with E-state index in [1.54, 1.807) is 7.11 Å². The summed E-state index contributed by atoms with van der Waals surface area (Å²) in [6.07, 6.45) is 6.92. The number of hydrogen-bond donors (Lipinski definition) is 2. The molecule has 0 aromatic heterocycles. The molecule has 106 valence electrons. The van der Waals surface area contributed by atoms with E-state index in [1.807, 2.05) is 0 Å². The van der Waals surface area contributed by atoms with E-state index in [2.05, 4.69) is 36.6 Å². The summed E-state index contributed by atoms with van der Waals surface area (Å²) >= 11 is 0. The van der Waals surface area contributed by atoms with E-state index in [1.165, 1.54) is 30.4 Å². The molecule has 3 heteroatoms. The predicted molar refractivity (Wildman–Crippen MR) is 78.7 cm³/mol. The van der Waals surface area contributed by atoms with E-state index >= 15 is 0 Å². The van der Waals surface area contributed by atoms with Crippen molar-refractivity contribution < 1.29 is 4.74 Å². The van der Waals surface area contributed by atoms with Crippen LogP contribution in [0.5, 0.6) is 0 Å². The molecule has 0 radical (unpaired) electrons. The van der Waals surface area contributed by atoms with Crippen LogP contribution in [-0.2, 0) is 11.2 Å². The minimum Gasteiger partial charge on any atom is -0.376 e. The highest BCUT2D eigenvalue weighted by atomic mass is 16.5. The Morgan fingerprint density at radius 2 is 1.89 bits per heavy atom. The molecule has 0 spiro atoms.